The molecular formula is C31H22F4. The van der Waals surface area contributed by atoms with Crippen molar-refractivity contribution in [2.75, 3.05) is 0 Å². The minimum Gasteiger partial charge on any atom is -0.205 e. The molecule has 0 heterocycles. The average molecular weight is 471 g/mol. The van der Waals surface area contributed by atoms with Gasteiger partial charge in [0.15, 0.2) is 17.5 Å². The summed E-state index contributed by atoms with van der Waals surface area (Å²) >= 11 is 0. The van der Waals surface area contributed by atoms with E-state index in [0.717, 1.165) is 29.7 Å². The van der Waals surface area contributed by atoms with Gasteiger partial charge in [-0.25, -0.2) is 17.6 Å². The van der Waals surface area contributed by atoms with Gasteiger partial charge in [-0.1, -0.05) is 67.7 Å². The molecule has 0 spiro atoms. The van der Waals surface area contributed by atoms with Crippen molar-refractivity contribution < 1.29 is 17.6 Å². The summed E-state index contributed by atoms with van der Waals surface area (Å²) in [6, 6.07) is 18.2. The Morgan fingerprint density at radius 3 is 1.97 bits per heavy atom. The Bertz CT molecular complexity index is 1470. The van der Waals surface area contributed by atoms with Crippen molar-refractivity contribution in [1.82, 2.24) is 0 Å². The van der Waals surface area contributed by atoms with Gasteiger partial charge in [0.05, 0.1) is 5.56 Å². The van der Waals surface area contributed by atoms with Crippen LogP contribution < -0.4 is 0 Å². The number of benzene rings is 4. The van der Waals surface area contributed by atoms with Gasteiger partial charge in [0.1, 0.15) is 5.82 Å². The first-order chi connectivity index (χ1) is 16.9. The highest BCUT2D eigenvalue weighted by Crippen LogP contribution is 2.22. The van der Waals surface area contributed by atoms with E-state index in [1.165, 1.54) is 30.9 Å². The maximum absolute atomic E-state index is 15.0. The van der Waals surface area contributed by atoms with E-state index in [0.29, 0.717) is 10.8 Å². The van der Waals surface area contributed by atoms with Gasteiger partial charge in [-0.3, -0.25) is 0 Å². The molecule has 4 aromatic carbocycles. The smallest absolute Gasteiger partial charge is 0.194 e. The summed E-state index contributed by atoms with van der Waals surface area (Å²) in [7, 11) is 0. The largest absolute Gasteiger partial charge is 0.205 e. The molecule has 174 valence electrons. The topological polar surface area (TPSA) is 0 Å². The lowest BCUT2D eigenvalue weighted by Crippen LogP contribution is -1.92. The molecule has 0 saturated carbocycles. The molecule has 0 atom stereocenters. The van der Waals surface area contributed by atoms with E-state index in [-0.39, 0.29) is 11.1 Å². The molecule has 35 heavy (non-hydrogen) atoms. The first-order valence-corrected chi connectivity index (χ1v) is 11.4. The number of halogens is 4. The molecular weight excluding hydrogens is 448 g/mol. The van der Waals surface area contributed by atoms with Gasteiger partial charge in [-0.2, -0.15) is 0 Å². The lowest BCUT2D eigenvalue weighted by atomic mass is 10.0. The summed E-state index contributed by atoms with van der Waals surface area (Å²) in [5.74, 6) is 6.52. The Balaban J connectivity index is 1.53. The Labute approximate surface area is 202 Å². The van der Waals surface area contributed by atoms with Gasteiger partial charge in [0.2, 0.25) is 0 Å². The van der Waals surface area contributed by atoms with E-state index in [4.69, 9.17) is 0 Å². The zero-order valence-corrected chi connectivity index (χ0v) is 19.2. The minimum atomic E-state index is -1.56. The van der Waals surface area contributed by atoms with Crippen LogP contribution in [0.4, 0.5) is 17.6 Å². The second-order valence-corrected chi connectivity index (χ2v) is 8.27. The number of fused-ring (bicyclic) bond motifs is 1. The molecule has 0 aliphatic carbocycles. The van der Waals surface area contributed by atoms with Crippen LogP contribution in [0.5, 0.6) is 0 Å². The molecule has 0 radical (unpaired) electrons. The minimum absolute atomic E-state index is 0.0699. The van der Waals surface area contributed by atoms with Crippen molar-refractivity contribution in [1.29, 1.82) is 0 Å². The van der Waals surface area contributed by atoms with Crippen molar-refractivity contribution in [3.8, 4) is 23.7 Å². The number of unbranched alkanes of at least 4 members (excludes halogenated alkanes) is 2. The zero-order valence-electron chi connectivity index (χ0n) is 19.2. The van der Waals surface area contributed by atoms with Crippen molar-refractivity contribution in [2.24, 2.45) is 0 Å². The van der Waals surface area contributed by atoms with Gasteiger partial charge >= 0.3 is 0 Å². The van der Waals surface area contributed by atoms with Crippen molar-refractivity contribution >= 4 is 10.8 Å². The molecule has 0 unspecified atom stereocenters. The molecule has 0 nitrogen and oxygen atoms in total. The SMILES string of the molecule is CCCCCc1ccc(C#Cc2ccc3c(F)c(C#Cc4cc(F)c(F)c(F)c4)ccc3c2)cc1. The Hall–Kier alpha value is -4.02. The average Bonchev–Trinajstić information content (AvgIpc) is 2.86. The summed E-state index contributed by atoms with van der Waals surface area (Å²) in [5.41, 5.74) is 2.95. The number of hydrogen-bond acceptors (Lipinski definition) is 0. The fourth-order valence-corrected chi connectivity index (χ4v) is 3.71. The van der Waals surface area contributed by atoms with Gasteiger partial charge in [0.25, 0.3) is 0 Å². The summed E-state index contributed by atoms with van der Waals surface area (Å²) in [6.45, 7) is 2.19. The van der Waals surface area contributed by atoms with Gasteiger partial charge in [-0.15, -0.1) is 0 Å². The van der Waals surface area contributed by atoms with Gasteiger partial charge in [0, 0.05) is 22.1 Å². The van der Waals surface area contributed by atoms with Crippen LogP contribution in [0.1, 0.15) is 54.0 Å². The van der Waals surface area contributed by atoms with Crippen molar-refractivity contribution in [3.05, 3.63) is 118 Å². The maximum Gasteiger partial charge on any atom is 0.194 e. The molecule has 4 aromatic rings. The predicted octanol–water partition coefficient (Wildman–Crippen LogP) is 7.93. The van der Waals surface area contributed by atoms with Crippen LogP contribution in [0.15, 0.2) is 66.7 Å². The molecule has 0 amide bonds. The number of hydrogen-bond donors (Lipinski definition) is 0. The van der Waals surface area contributed by atoms with E-state index in [9.17, 15) is 17.6 Å². The Morgan fingerprint density at radius 1 is 0.600 bits per heavy atom. The summed E-state index contributed by atoms with van der Waals surface area (Å²) in [5, 5.41) is 1.01. The molecule has 0 aliphatic heterocycles. The molecule has 0 fully saturated rings. The predicted molar refractivity (Wildman–Crippen MR) is 132 cm³/mol. The molecule has 0 aliphatic rings. The van der Waals surface area contributed by atoms with Crippen LogP contribution in [0.3, 0.4) is 0 Å². The fourth-order valence-electron chi connectivity index (χ4n) is 3.71. The fraction of sp³-hybridized carbons (Fsp3) is 0.161. The van der Waals surface area contributed by atoms with E-state index in [1.54, 1.807) is 24.3 Å². The molecule has 0 bridgehead atoms. The van der Waals surface area contributed by atoms with E-state index in [2.05, 4.69) is 42.7 Å². The molecule has 0 aromatic heterocycles. The van der Waals surface area contributed by atoms with Crippen LogP contribution >= 0.6 is 0 Å². The van der Waals surface area contributed by atoms with Crippen LogP contribution in [0.25, 0.3) is 10.8 Å². The first kappa shape index (κ1) is 24.1. The zero-order chi connectivity index (χ0) is 24.8. The van der Waals surface area contributed by atoms with Gasteiger partial charge < -0.3 is 0 Å². The highest BCUT2D eigenvalue weighted by molar-refractivity contribution is 5.86. The van der Waals surface area contributed by atoms with Crippen LogP contribution in [0, 0.1) is 47.0 Å². The second kappa shape index (κ2) is 10.9. The normalized spacial score (nSPS) is 10.4. The van der Waals surface area contributed by atoms with Crippen LogP contribution in [0.2, 0.25) is 0 Å². The Morgan fingerprint density at radius 2 is 1.26 bits per heavy atom. The third-order valence-electron chi connectivity index (χ3n) is 5.65. The highest BCUT2D eigenvalue weighted by Gasteiger charge is 2.10. The molecule has 0 N–H and O–H groups in total. The lowest BCUT2D eigenvalue weighted by Gasteiger charge is -2.03. The summed E-state index contributed by atoms with van der Waals surface area (Å²) in [4.78, 5) is 0. The van der Waals surface area contributed by atoms with Crippen molar-refractivity contribution in [3.63, 3.8) is 0 Å². The second-order valence-electron chi connectivity index (χ2n) is 8.27. The monoisotopic (exact) mass is 470 g/mol. The van der Waals surface area contributed by atoms with Crippen LogP contribution in [-0.2, 0) is 6.42 Å². The summed E-state index contributed by atoms with van der Waals surface area (Å²) < 4.78 is 54.8. The third-order valence-corrected chi connectivity index (χ3v) is 5.65. The summed E-state index contributed by atoms with van der Waals surface area (Å²) in [6.07, 6.45) is 4.69. The maximum atomic E-state index is 15.0. The molecule has 0 saturated heterocycles. The van der Waals surface area contributed by atoms with E-state index >= 15 is 0 Å². The lowest BCUT2D eigenvalue weighted by molar-refractivity contribution is 0.446. The van der Waals surface area contributed by atoms with Crippen molar-refractivity contribution in [2.45, 2.75) is 32.6 Å². The number of aryl methyl sites for hydroxylation is 1. The van der Waals surface area contributed by atoms with Gasteiger partial charge in [-0.05, 0) is 66.3 Å². The Kier molecular flexibility index (Phi) is 7.54. The van der Waals surface area contributed by atoms with Crippen LogP contribution in [-0.4, -0.2) is 0 Å². The third kappa shape index (κ3) is 5.92. The first-order valence-electron chi connectivity index (χ1n) is 11.4. The van der Waals surface area contributed by atoms with E-state index in [1.807, 2.05) is 12.1 Å². The standard InChI is InChI=1S/C31H22F4/c1-2-3-4-5-21-6-8-22(9-7-21)10-11-23-13-17-27-26(18-23)16-15-25(30(27)34)14-12-24-19-28(32)31(35)29(33)20-24/h6-9,13,15-20H,2-5H2,1H3. The quantitative estimate of drug-likeness (QED) is 0.123. The number of rotatable bonds is 4. The van der Waals surface area contributed by atoms with E-state index < -0.39 is 23.3 Å². The highest BCUT2D eigenvalue weighted by atomic mass is 19.2. The molecule has 4 heteroatoms. The molecule has 4 rings (SSSR count).